The first-order valence-electron chi connectivity index (χ1n) is 11.2. The summed E-state index contributed by atoms with van der Waals surface area (Å²) in [6.07, 6.45) is 3.92. The van der Waals surface area contributed by atoms with Crippen LogP contribution in [0.1, 0.15) is 83.1 Å². The van der Waals surface area contributed by atoms with Crippen molar-refractivity contribution in [1.82, 2.24) is 9.96 Å². The number of hydroxylamine groups is 2. The van der Waals surface area contributed by atoms with Crippen LogP contribution in [0.15, 0.2) is 24.3 Å². The fourth-order valence-electron chi connectivity index (χ4n) is 4.13. The molecule has 0 spiro atoms. The number of hydrogen-bond donors (Lipinski definition) is 0. The third-order valence-electron chi connectivity index (χ3n) is 6.10. The van der Waals surface area contributed by atoms with Crippen molar-refractivity contribution >= 4 is 12.0 Å². The number of carbonyl (C=O) groups is 2. The van der Waals surface area contributed by atoms with Crippen molar-refractivity contribution in [1.29, 1.82) is 0 Å². The van der Waals surface area contributed by atoms with Crippen molar-refractivity contribution in [3.05, 3.63) is 35.4 Å². The van der Waals surface area contributed by atoms with Gasteiger partial charge in [0.15, 0.2) is 0 Å². The molecule has 6 heteroatoms. The summed E-state index contributed by atoms with van der Waals surface area (Å²) < 4.78 is 5.74. The Hall–Kier alpha value is -2.08. The lowest BCUT2D eigenvalue weighted by Crippen LogP contribution is -2.45. The largest absolute Gasteiger partial charge is 0.444 e. The van der Waals surface area contributed by atoms with E-state index in [1.54, 1.807) is 19.2 Å². The van der Waals surface area contributed by atoms with E-state index in [1.807, 2.05) is 37.8 Å². The highest BCUT2D eigenvalue weighted by Gasteiger charge is 2.35. The second kappa shape index (κ2) is 10.0. The van der Waals surface area contributed by atoms with E-state index in [0.717, 1.165) is 31.2 Å². The van der Waals surface area contributed by atoms with Gasteiger partial charge in [-0.05, 0) is 75.5 Å². The minimum Gasteiger partial charge on any atom is -0.444 e. The SMILES string of the molecule is CON(C)C(=O)c1ccc(CN(C(=O)OC(C)(C)C)C2CCC(C(C)(C)C)CC2)cc1. The van der Waals surface area contributed by atoms with E-state index in [2.05, 4.69) is 20.8 Å². The molecule has 1 aliphatic carbocycles. The summed E-state index contributed by atoms with van der Waals surface area (Å²) in [5.41, 5.74) is 1.27. The highest BCUT2D eigenvalue weighted by molar-refractivity contribution is 5.93. The first-order valence-corrected chi connectivity index (χ1v) is 11.2. The van der Waals surface area contributed by atoms with Gasteiger partial charge in [-0.15, -0.1) is 0 Å². The molecule has 0 N–H and O–H groups in total. The van der Waals surface area contributed by atoms with Gasteiger partial charge in [-0.1, -0.05) is 32.9 Å². The molecule has 174 valence electrons. The lowest BCUT2D eigenvalue weighted by Gasteiger charge is -2.41. The Kier molecular flexibility index (Phi) is 8.15. The van der Waals surface area contributed by atoms with E-state index in [9.17, 15) is 9.59 Å². The summed E-state index contributed by atoms with van der Waals surface area (Å²) in [4.78, 5) is 32.2. The van der Waals surface area contributed by atoms with E-state index in [4.69, 9.17) is 9.57 Å². The molecule has 0 aromatic heterocycles. The number of nitrogens with zero attached hydrogens (tertiary/aromatic N) is 2. The molecule has 0 saturated heterocycles. The topological polar surface area (TPSA) is 59.1 Å². The molecule has 2 amide bonds. The fraction of sp³-hybridized carbons (Fsp3) is 0.680. The van der Waals surface area contributed by atoms with E-state index in [-0.39, 0.29) is 18.0 Å². The average molecular weight is 433 g/mol. The Balaban J connectivity index is 2.16. The Morgan fingerprint density at radius 3 is 1.97 bits per heavy atom. The summed E-state index contributed by atoms with van der Waals surface area (Å²) in [5.74, 6) is 0.464. The van der Waals surface area contributed by atoms with Crippen LogP contribution in [0.3, 0.4) is 0 Å². The molecule has 1 aromatic carbocycles. The molecule has 6 nitrogen and oxygen atoms in total. The zero-order chi connectivity index (χ0) is 23.4. The molecule has 2 rings (SSSR count). The quantitative estimate of drug-likeness (QED) is 0.563. The van der Waals surface area contributed by atoms with Crippen LogP contribution in [-0.2, 0) is 16.1 Å². The second-order valence-electron chi connectivity index (χ2n) is 10.7. The summed E-state index contributed by atoms with van der Waals surface area (Å²) in [5, 5.41) is 1.19. The maximum Gasteiger partial charge on any atom is 0.410 e. The van der Waals surface area contributed by atoms with Crippen LogP contribution in [0.2, 0.25) is 0 Å². The summed E-state index contributed by atoms with van der Waals surface area (Å²) in [6.45, 7) is 13.0. The molecule has 1 fully saturated rings. The van der Waals surface area contributed by atoms with Gasteiger partial charge in [0.25, 0.3) is 5.91 Å². The molecular weight excluding hydrogens is 392 g/mol. The molecule has 0 unspecified atom stereocenters. The summed E-state index contributed by atoms with van der Waals surface area (Å²) in [7, 11) is 3.04. The minimum absolute atomic E-state index is 0.161. The lowest BCUT2D eigenvalue weighted by atomic mass is 9.71. The first kappa shape index (κ1) is 25.2. The molecule has 0 radical (unpaired) electrons. The molecule has 0 bridgehead atoms. The van der Waals surface area contributed by atoms with Gasteiger partial charge >= 0.3 is 6.09 Å². The summed E-state index contributed by atoms with van der Waals surface area (Å²) >= 11 is 0. The number of rotatable bonds is 5. The van der Waals surface area contributed by atoms with Crippen molar-refractivity contribution in [3.63, 3.8) is 0 Å². The molecule has 0 heterocycles. The summed E-state index contributed by atoms with van der Waals surface area (Å²) in [6, 6.07) is 7.51. The van der Waals surface area contributed by atoms with Gasteiger partial charge < -0.3 is 9.64 Å². The molecule has 1 saturated carbocycles. The van der Waals surface area contributed by atoms with Crippen molar-refractivity contribution in [2.45, 2.75) is 85.4 Å². The minimum atomic E-state index is -0.543. The third kappa shape index (κ3) is 7.23. The molecule has 0 aliphatic heterocycles. The number of hydrogen-bond acceptors (Lipinski definition) is 4. The van der Waals surface area contributed by atoms with Crippen molar-refractivity contribution in [2.24, 2.45) is 11.3 Å². The van der Waals surface area contributed by atoms with E-state index >= 15 is 0 Å². The zero-order valence-corrected chi connectivity index (χ0v) is 20.5. The third-order valence-corrected chi connectivity index (χ3v) is 6.10. The molecule has 1 aliphatic rings. The van der Waals surface area contributed by atoms with Gasteiger partial charge in [0.1, 0.15) is 5.60 Å². The first-order chi connectivity index (χ1) is 14.3. The fourth-order valence-corrected chi connectivity index (χ4v) is 4.13. The smallest absolute Gasteiger partial charge is 0.410 e. The van der Waals surface area contributed by atoms with E-state index in [1.165, 1.54) is 12.2 Å². The van der Waals surface area contributed by atoms with Crippen molar-refractivity contribution < 1.29 is 19.2 Å². The van der Waals surface area contributed by atoms with Gasteiger partial charge in [-0.25, -0.2) is 9.86 Å². The van der Waals surface area contributed by atoms with Gasteiger partial charge in [-0.3, -0.25) is 9.63 Å². The maximum absolute atomic E-state index is 13.1. The van der Waals surface area contributed by atoms with Crippen molar-refractivity contribution in [2.75, 3.05) is 14.2 Å². The highest BCUT2D eigenvalue weighted by Crippen LogP contribution is 2.39. The van der Waals surface area contributed by atoms with Gasteiger partial charge in [0.2, 0.25) is 0 Å². The monoisotopic (exact) mass is 432 g/mol. The Morgan fingerprint density at radius 1 is 0.968 bits per heavy atom. The molecule has 0 atom stereocenters. The van der Waals surface area contributed by atoms with Crippen LogP contribution >= 0.6 is 0 Å². The standard InChI is InChI=1S/C25H40N2O4/c1-24(2,3)20-13-15-21(16-14-20)27(23(29)31-25(4,5)6)17-18-9-11-19(12-10-18)22(28)26(7)30-8/h9-12,20-21H,13-17H2,1-8H3. The predicted octanol–water partition coefficient (Wildman–Crippen LogP) is 5.66. The Bertz CT molecular complexity index is 738. The van der Waals surface area contributed by atoms with Crippen LogP contribution in [-0.4, -0.2) is 47.8 Å². The number of carbonyl (C=O) groups excluding carboxylic acids is 2. The van der Waals surface area contributed by atoms with Crippen molar-refractivity contribution in [3.8, 4) is 0 Å². The number of benzene rings is 1. The maximum atomic E-state index is 13.1. The normalized spacial score (nSPS) is 19.6. The number of ether oxygens (including phenoxy) is 1. The van der Waals surface area contributed by atoms with E-state index in [0.29, 0.717) is 23.4 Å². The second-order valence-corrected chi connectivity index (χ2v) is 10.7. The van der Waals surface area contributed by atoms with Gasteiger partial charge in [0, 0.05) is 25.2 Å². The predicted molar refractivity (Wildman–Crippen MR) is 123 cm³/mol. The lowest BCUT2D eigenvalue weighted by molar-refractivity contribution is -0.0757. The molecular formula is C25H40N2O4. The molecule has 1 aromatic rings. The zero-order valence-electron chi connectivity index (χ0n) is 20.5. The van der Waals surface area contributed by atoms with Crippen LogP contribution in [0.5, 0.6) is 0 Å². The van der Waals surface area contributed by atoms with Crippen LogP contribution in [0, 0.1) is 11.3 Å². The Morgan fingerprint density at radius 2 is 1.52 bits per heavy atom. The van der Waals surface area contributed by atoms with E-state index < -0.39 is 5.60 Å². The Labute approximate surface area is 187 Å². The van der Waals surface area contributed by atoms with Gasteiger partial charge in [-0.2, -0.15) is 0 Å². The molecule has 31 heavy (non-hydrogen) atoms. The van der Waals surface area contributed by atoms with Crippen LogP contribution < -0.4 is 0 Å². The van der Waals surface area contributed by atoms with Crippen LogP contribution in [0.4, 0.5) is 4.79 Å². The van der Waals surface area contributed by atoms with Gasteiger partial charge in [0.05, 0.1) is 7.11 Å². The van der Waals surface area contributed by atoms with Crippen LogP contribution in [0.25, 0.3) is 0 Å². The highest BCUT2D eigenvalue weighted by atomic mass is 16.7. The number of amides is 2. The average Bonchev–Trinajstić information content (AvgIpc) is 2.69.